The van der Waals surface area contributed by atoms with Crippen molar-refractivity contribution in [2.24, 2.45) is 5.41 Å². The fourth-order valence-electron chi connectivity index (χ4n) is 4.47. The summed E-state index contributed by atoms with van der Waals surface area (Å²) in [5.74, 6) is -1.35. The maximum Gasteiger partial charge on any atom is 0.254 e. The van der Waals surface area contributed by atoms with E-state index in [2.05, 4.69) is 24.5 Å². The van der Waals surface area contributed by atoms with E-state index in [0.717, 1.165) is 17.7 Å². The van der Waals surface area contributed by atoms with Crippen LogP contribution >= 0.6 is 0 Å². The Morgan fingerprint density at radius 1 is 1.07 bits per heavy atom. The molecule has 0 bridgehead atoms. The van der Waals surface area contributed by atoms with Crippen LogP contribution in [0.2, 0.25) is 0 Å². The van der Waals surface area contributed by atoms with Crippen LogP contribution in [-0.2, 0) is 9.59 Å². The lowest BCUT2D eigenvalue weighted by molar-refractivity contribution is -0.118. The number of dihydropyridines is 1. The molecule has 1 aliphatic heterocycles. The number of rotatable bonds is 3. The minimum Gasteiger partial charge on any atom is -0.362 e. The Labute approximate surface area is 175 Å². The summed E-state index contributed by atoms with van der Waals surface area (Å²) in [6.45, 7) is 5.99. The molecule has 0 saturated carbocycles. The molecule has 4 rings (SSSR count). The Morgan fingerprint density at radius 2 is 1.73 bits per heavy atom. The Morgan fingerprint density at radius 3 is 2.43 bits per heavy atom. The molecule has 4 nitrogen and oxygen atoms in total. The van der Waals surface area contributed by atoms with Crippen molar-refractivity contribution in [3.63, 3.8) is 0 Å². The fourth-order valence-corrected chi connectivity index (χ4v) is 4.47. The monoisotopic (exact) mass is 404 g/mol. The van der Waals surface area contributed by atoms with Crippen LogP contribution < -0.4 is 10.6 Å². The molecule has 5 heteroatoms. The van der Waals surface area contributed by atoms with Crippen molar-refractivity contribution in [3.8, 4) is 0 Å². The largest absolute Gasteiger partial charge is 0.362 e. The zero-order valence-corrected chi connectivity index (χ0v) is 17.4. The topological polar surface area (TPSA) is 58.2 Å². The van der Waals surface area contributed by atoms with Crippen molar-refractivity contribution in [3.05, 3.63) is 88.5 Å². The number of benzene rings is 2. The lowest BCUT2D eigenvalue weighted by atomic mass is 9.68. The van der Waals surface area contributed by atoms with Gasteiger partial charge in [-0.3, -0.25) is 9.59 Å². The summed E-state index contributed by atoms with van der Waals surface area (Å²) in [7, 11) is 0. The third-order valence-corrected chi connectivity index (χ3v) is 5.74. The predicted octanol–water partition coefficient (Wildman–Crippen LogP) is 5.07. The number of nitrogens with one attached hydrogen (secondary N) is 2. The molecule has 0 spiro atoms. The standard InChI is InChI=1S/C25H25FN2O2/c1-15-21(24(30)28-18-12-8-7-11-17(18)26)22(16-9-5-4-6-10-16)23-19(27-15)13-25(2,3)14-20(23)29/h4-12,22,27H,13-14H2,1-3H3,(H,28,30). The van der Waals surface area contributed by atoms with Gasteiger partial charge in [0.05, 0.1) is 5.69 Å². The summed E-state index contributed by atoms with van der Waals surface area (Å²) in [6, 6.07) is 15.6. The van der Waals surface area contributed by atoms with Crippen LogP contribution in [0.25, 0.3) is 0 Å². The molecule has 0 radical (unpaired) electrons. The minimum absolute atomic E-state index is 0.0475. The zero-order valence-electron chi connectivity index (χ0n) is 17.4. The van der Waals surface area contributed by atoms with E-state index in [4.69, 9.17) is 0 Å². The highest BCUT2D eigenvalue weighted by Gasteiger charge is 2.42. The molecule has 2 aliphatic rings. The number of ketones is 1. The van der Waals surface area contributed by atoms with Gasteiger partial charge in [-0.25, -0.2) is 4.39 Å². The third kappa shape index (κ3) is 3.67. The molecule has 30 heavy (non-hydrogen) atoms. The van der Waals surface area contributed by atoms with Crippen LogP contribution in [0.15, 0.2) is 77.1 Å². The summed E-state index contributed by atoms with van der Waals surface area (Å²) in [6.07, 6.45) is 1.16. The number of Topliss-reactive ketones (excluding diaryl/α,β-unsaturated/α-hetero) is 1. The van der Waals surface area contributed by atoms with E-state index in [1.807, 2.05) is 37.3 Å². The summed E-state index contributed by atoms with van der Waals surface area (Å²) < 4.78 is 14.1. The average Bonchev–Trinajstić information content (AvgIpc) is 2.68. The number of hydrogen-bond donors (Lipinski definition) is 2. The van der Waals surface area contributed by atoms with Gasteiger partial charge in [-0.15, -0.1) is 0 Å². The van der Waals surface area contributed by atoms with Crippen molar-refractivity contribution in [2.45, 2.75) is 39.5 Å². The molecule has 0 fully saturated rings. The lowest BCUT2D eigenvalue weighted by Crippen LogP contribution is -2.39. The number of anilines is 1. The first kappa shape index (κ1) is 20.1. The number of allylic oxidation sites excluding steroid dienone is 3. The quantitative estimate of drug-likeness (QED) is 0.751. The third-order valence-electron chi connectivity index (χ3n) is 5.74. The normalized spacial score (nSPS) is 20.5. The number of halogens is 1. The van der Waals surface area contributed by atoms with Gasteiger partial charge in [-0.05, 0) is 36.5 Å². The molecule has 0 aromatic heterocycles. The van der Waals surface area contributed by atoms with Gasteiger partial charge in [0.1, 0.15) is 5.82 Å². The van der Waals surface area contributed by atoms with Crippen molar-refractivity contribution >= 4 is 17.4 Å². The molecule has 1 unspecified atom stereocenters. The number of hydrogen-bond acceptors (Lipinski definition) is 3. The summed E-state index contributed by atoms with van der Waals surface area (Å²) in [5, 5.41) is 6.01. The van der Waals surface area contributed by atoms with Crippen molar-refractivity contribution < 1.29 is 14.0 Å². The fraction of sp³-hybridized carbons (Fsp3) is 0.280. The van der Waals surface area contributed by atoms with Gasteiger partial charge in [0.15, 0.2) is 5.78 Å². The van der Waals surface area contributed by atoms with Crippen LogP contribution in [0.3, 0.4) is 0 Å². The van der Waals surface area contributed by atoms with Crippen LogP contribution in [0, 0.1) is 11.2 Å². The van der Waals surface area contributed by atoms with Crippen molar-refractivity contribution in [2.75, 3.05) is 5.32 Å². The Kier molecular flexibility index (Phi) is 5.06. The highest BCUT2D eigenvalue weighted by Crippen LogP contribution is 2.46. The van der Waals surface area contributed by atoms with Crippen LogP contribution in [0.5, 0.6) is 0 Å². The molecule has 1 amide bonds. The predicted molar refractivity (Wildman–Crippen MR) is 115 cm³/mol. The van der Waals surface area contributed by atoms with Gasteiger partial charge in [0, 0.05) is 34.9 Å². The first-order valence-electron chi connectivity index (χ1n) is 10.1. The van der Waals surface area contributed by atoms with E-state index in [0.29, 0.717) is 23.3 Å². The average molecular weight is 404 g/mol. The second kappa shape index (κ2) is 7.56. The van der Waals surface area contributed by atoms with E-state index >= 15 is 0 Å². The molecular weight excluding hydrogens is 379 g/mol. The molecule has 1 atom stereocenters. The molecular formula is C25H25FN2O2. The van der Waals surface area contributed by atoms with Crippen LogP contribution in [-0.4, -0.2) is 11.7 Å². The Balaban J connectivity index is 1.80. The van der Waals surface area contributed by atoms with E-state index in [1.165, 1.54) is 12.1 Å². The summed E-state index contributed by atoms with van der Waals surface area (Å²) in [4.78, 5) is 26.5. The molecule has 2 N–H and O–H groups in total. The first-order valence-corrected chi connectivity index (χ1v) is 10.1. The smallest absolute Gasteiger partial charge is 0.254 e. The number of carbonyl (C=O) groups is 2. The van der Waals surface area contributed by atoms with Gasteiger partial charge >= 0.3 is 0 Å². The highest BCUT2D eigenvalue weighted by molar-refractivity contribution is 6.10. The van der Waals surface area contributed by atoms with E-state index in [9.17, 15) is 14.0 Å². The van der Waals surface area contributed by atoms with E-state index in [1.54, 1.807) is 12.1 Å². The molecule has 2 aromatic rings. The highest BCUT2D eigenvalue weighted by atomic mass is 19.1. The van der Waals surface area contributed by atoms with Crippen molar-refractivity contribution in [1.82, 2.24) is 5.32 Å². The van der Waals surface area contributed by atoms with Gasteiger partial charge in [-0.2, -0.15) is 0 Å². The van der Waals surface area contributed by atoms with E-state index < -0.39 is 17.6 Å². The molecule has 1 aliphatic carbocycles. The van der Waals surface area contributed by atoms with Gasteiger partial charge in [0.2, 0.25) is 0 Å². The maximum atomic E-state index is 14.1. The summed E-state index contributed by atoms with van der Waals surface area (Å²) >= 11 is 0. The second-order valence-corrected chi connectivity index (χ2v) is 8.77. The Bertz CT molecular complexity index is 1080. The van der Waals surface area contributed by atoms with Gasteiger partial charge < -0.3 is 10.6 Å². The number of carbonyl (C=O) groups excluding carboxylic acids is 2. The zero-order chi connectivity index (χ0) is 21.5. The van der Waals surface area contributed by atoms with Gasteiger partial charge in [-0.1, -0.05) is 56.3 Å². The molecule has 0 saturated heterocycles. The van der Waals surface area contributed by atoms with E-state index in [-0.39, 0.29) is 16.9 Å². The first-order chi connectivity index (χ1) is 14.3. The molecule has 2 aromatic carbocycles. The molecule has 154 valence electrons. The van der Waals surface area contributed by atoms with Crippen LogP contribution in [0.1, 0.15) is 45.1 Å². The SMILES string of the molecule is CC1=C(C(=O)Nc2ccccc2F)C(c2ccccc2)C2=C(CC(C)(C)CC2=O)N1. The second-order valence-electron chi connectivity index (χ2n) is 8.77. The summed E-state index contributed by atoms with van der Waals surface area (Å²) in [5.41, 5.74) is 3.49. The minimum atomic E-state index is -0.500. The maximum absolute atomic E-state index is 14.1. The van der Waals surface area contributed by atoms with Gasteiger partial charge in [0.25, 0.3) is 5.91 Å². The van der Waals surface area contributed by atoms with Crippen molar-refractivity contribution in [1.29, 1.82) is 0 Å². The number of para-hydroxylation sites is 1. The number of amides is 1. The van der Waals surface area contributed by atoms with Crippen LogP contribution in [0.4, 0.5) is 10.1 Å². The Hall–Kier alpha value is -3.21. The molecule has 1 heterocycles. The lowest BCUT2D eigenvalue weighted by Gasteiger charge is -2.39.